The van der Waals surface area contributed by atoms with E-state index >= 15 is 0 Å². The third-order valence-electron chi connectivity index (χ3n) is 3.28. The molecule has 0 aromatic heterocycles. The van der Waals surface area contributed by atoms with E-state index in [1.54, 1.807) is 6.07 Å². The fourth-order valence-corrected chi connectivity index (χ4v) is 2.49. The van der Waals surface area contributed by atoms with Crippen LogP contribution in [0.25, 0.3) is 0 Å². The summed E-state index contributed by atoms with van der Waals surface area (Å²) in [6.07, 6.45) is 1.46. The molecular weight excluding hydrogens is 287 g/mol. The predicted octanol–water partition coefficient (Wildman–Crippen LogP) is 3.53. The average molecular weight is 307 g/mol. The molecule has 2 rings (SSSR count). The van der Waals surface area contributed by atoms with Crippen molar-refractivity contribution in [3.8, 4) is 0 Å². The van der Waals surface area contributed by atoms with E-state index in [0.717, 1.165) is 25.1 Å². The van der Waals surface area contributed by atoms with E-state index < -0.39 is 0 Å². The largest absolute Gasteiger partial charge is 0.327 e. The highest BCUT2D eigenvalue weighted by Crippen LogP contribution is 2.15. The van der Waals surface area contributed by atoms with E-state index in [4.69, 9.17) is 17.3 Å². The van der Waals surface area contributed by atoms with Gasteiger partial charge >= 0.3 is 0 Å². The van der Waals surface area contributed by atoms with Gasteiger partial charge in [0.25, 0.3) is 0 Å². The molecule has 3 N–H and O–H groups in total. The minimum atomic E-state index is -0.313. The van der Waals surface area contributed by atoms with Crippen molar-refractivity contribution in [1.29, 1.82) is 0 Å². The van der Waals surface area contributed by atoms with Crippen LogP contribution in [0.2, 0.25) is 5.02 Å². The average Bonchev–Trinajstić information content (AvgIpc) is 2.43. The summed E-state index contributed by atoms with van der Waals surface area (Å²) in [6.45, 7) is 1.67. The Morgan fingerprint density at radius 1 is 1.10 bits per heavy atom. The Labute approximate surface area is 130 Å². The summed E-state index contributed by atoms with van der Waals surface area (Å²) in [7, 11) is 0. The fraction of sp³-hybridized carbons (Fsp3) is 0.294. The van der Waals surface area contributed by atoms with Gasteiger partial charge in [0.15, 0.2) is 0 Å². The zero-order valence-corrected chi connectivity index (χ0v) is 12.6. The van der Waals surface area contributed by atoms with Gasteiger partial charge in [-0.1, -0.05) is 41.9 Å². The van der Waals surface area contributed by atoms with Crippen LogP contribution in [-0.4, -0.2) is 12.6 Å². The maximum Gasteiger partial charge on any atom is 0.124 e. The van der Waals surface area contributed by atoms with Gasteiger partial charge in [-0.15, -0.1) is 0 Å². The lowest BCUT2D eigenvalue weighted by Crippen LogP contribution is -2.28. The van der Waals surface area contributed by atoms with Gasteiger partial charge in [-0.05, 0) is 48.7 Å². The van der Waals surface area contributed by atoms with Crippen LogP contribution in [0.4, 0.5) is 4.39 Å². The van der Waals surface area contributed by atoms with Gasteiger partial charge in [-0.3, -0.25) is 0 Å². The normalized spacial score (nSPS) is 12.3. The Morgan fingerprint density at radius 2 is 1.86 bits per heavy atom. The molecule has 4 heteroatoms. The van der Waals surface area contributed by atoms with Crippen molar-refractivity contribution < 1.29 is 4.39 Å². The second-order valence-electron chi connectivity index (χ2n) is 5.19. The van der Waals surface area contributed by atoms with Gasteiger partial charge in [0.2, 0.25) is 0 Å². The van der Waals surface area contributed by atoms with Gasteiger partial charge in [-0.2, -0.15) is 0 Å². The number of hydrogen-bond donors (Lipinski definition) is 2. The molecule has 0 saturated heterocycles. The maximum absolute atomic E-state index is 13.2. The van der Waals surface area contributed by atoms with E-state index in [9.17, 15) is 4.39 Å². The molecule has 2 aromatic carbocycles. The van der Waals surface area contributed by atoms with Crippen LogP contribution in [0, 0.1) is 5.82 Å². The van der Waals surface area contributed by atoms with Crippen LogP contribution in [-0.2, 0) is 13.0 Å². The summed E-state index contributed by atoms with van der Waals surface area (Å²) in [5.74, 6) is -0.313. The minimum Gasteiger partial charge on any atom is -0.327 e. The zero-order chi connectivity index (χ0) is 15.1. The van der Waals surface area contributed by atoms with E-state index in [0.29, 0.717) is 11.4 Å². The lowest BCUT2D eigenvalue weighted by molar-refractivity contribution is 0.556. The number of hydrogen-bond acceptors (Lipinski definition) is 2. The second-order valence-corrected chi connectivity index (χ2v) is 5.63. The van der Waals surface area contributed by atoms with Crippen molar-refractivity contribution in [2.24, 2.45) is 5.73 Å². The molecule has 0 amide bonds. The number of nitrogens with two attached hydrogens (primary N) is 1. The molecule has 0 aliphatic heterocycles. The molecule has 0 bridgehead atoms. The first-order valence-corrected chi connectivity index (χ1v) is 7.46. The third kappa shape index (κ3) is 5.84. The molecule has 0 fully saturated rings. The van der Waals surface area contributed by atoms with Crippen molar-refractivity contribution >= 4 is 11.6 Å². The molecule has 112 valence electrons. The molecule has 0 aliphatic rings. The van der Waals surface area contributed by atoms with Gasteiger partial charge < -0.3 is 11.1 Å². The standard InChI is InChI=1S/C17H20ClFN2/c18-15-8-14(9-16(19)11-15)10-17(20)6-7-21-12-13-4-2-1-3-5-13/h1-5,8-9,11,17,21H,6-7,10,12,20H2/t17-/m1/s1. The first kappa shape index (κ1) is 16.0. The molecule has 1 atom stereocenters. The van der Waals surface area contributed by atoms with Crippen LogP contribution in [0.3, 0.4) is 0 Å². The molecule has 0 aliphatic carbocycles. The van der Waals surface area contributed by atoms with Crippen molar-refractivity contribution in [3.05, 3.63) is 70.5 Å². The highest BCUT2D eigenvalue weighted by molar-refractivity contribution is 6.30. The van der Waals surface area contributed by atoms with Crippen molar-refractivity contribution in [1.82, 2.24) is 5.32 Å². The lowest BCUT2D eigenvalue weighted by Gasteiger charge is -2.13. The predicted molar refractivity (Wildman–Crippen MR) is 85.9 cm³/mol. The molecule has 0 radical (unpaired) electrons. The second kappa shape index (κ2) is 8.13. The molecule has 0 heterocycles. The topological polar surface area (TPSA) is 38.0 Å². The summed E-state index contributed by atoms with van der Waals surface area (Å²) in [5, 5.41) is 3.78. The first-order valence-electron chi connectivity index (χ1n) is 7.08. The first-order chi connectivity index (χ1) is 10.1. The Morgan fingerprint density at radius 3 is 2.57 bits per heavy atom. The highest BCUT2D eigenvalue weighted by atomic mass is 35.5. The smallest absolute Gasteiger partial charge is 0.124 e. The minimum absolute atomic E-state index is 0.00820. The van der Waals surface area contributed by atoms with Crippen LogP contribution in [0.15, 0.2) is 48.5 Å². The summed E-state index contributed by atoms with van der Waals surface area (Å²) in [5.41, 5.74) is 8.18. The molecule has 2 nitrogen and oxygen atoms in total. The van der Waals surface area contributed by atoms with Gasteiger partial charge in [-0.25, -0.2) is 4.39 Å². The molecular formula is C17H20ClFN2. The SMILES string of the molecule is N[C@H](CCNCc1ccccc1)Cc1cc(F)cc(Cl)c1. The molecule has 0 saturated carbocycles. The van der Waals surface area contributed by atoms with Crippen LogP contribution < -0.4 is 11.1 Å². The van der Waals surface area contributed by atoms with Crippen molar-refractivity contribution in [2.45, 2.75) is 25.4 Å². The van der Waals surface area contributed by atoms with E-state index in [1.807, 2.05) is 18.2 Å². The van der Waals surface area contributed by atoms with E-state index in [-0.39, 0.29) is 11.9 Å². The van der Waals surface area contributed by atoms with Gasteiger partial charge in [0.1, 0.15) is 5.82 Å². The maximum atomic E-state index is 13.2. The number of benzene rings is 2. The van der Waals surface area contributed by atoms with E-state index in [1.165, 1.54) is 17.7 Å². The number of nitrogens with one attached hydrogen (secondary N) is 1. The Hall–Kier alpha value is -1.42. The highest BCUT2D eigenvalue weighted by Gasteiger charge is 2.06. The van der Waals surface area contributed by atoms with Gasteiger partial charge in [0, 0.05) is 17.6 Å². The van der Waals surface area contributed by atoms with Crippen LogP contribution >= 0.6 is 11.6 Å². The molecule has 0 unspecified atom stereocenters. The quantitative estimate of drug-likeness (QED) is 0.768. The monoisotopic (exact) mass is 306 g/mol. The molecule has 2 aromatic rings. The summed E-state index contributed by atoms with van der Waals surface area (Å²) < 4.78 is 13.2. The Kier molecular flexibility index (Phi) is 6.18. The summed E-state index contributed by atoms with van der Waals surface area (Å²) in [6, 6.07) is 14.8. The molecule has 0 spiro atoms. The Bertz CT molecular complexity index is 540. The van der Waals surface area contributed by atoms with Crippen molar-refractivity contribution in [3.63, 3.8) is 0 Å². The summed E-state index contributed by atoms with van der Waals surface area (Å²) in [4.78, 5) is 0. The third-order valence-corrected chi connectivity index (χ3v) is 3.50. The number of rotatable bonds is 7. The van der Waals surface area contributed by atoms with Crippen LogP contribution in [0.1, 0.15) is 17.5 Å². The van der Waals surface area contributed by atoms with Gasteiger partial charge in [0.05, 0.1) is 0 Å². The fourth-order valence-electron chi connectivity index (χ4n) is 2.25. The van der Waals surface area contributed by atoms with Crippen molar-refractivity contribution in [2.75, 3.05) is 6.54 Å². The molecule has 21 heavy (non-hydrogen) atoms. The zero-order valence-electron chi connectivity index (χ0n) is 11.9. The van der Waals surface area contributed by atoms with Crippen LogP contribution in [0.5, 0.6) is 0 Å². The number of halogens is 2. The van der Waals surface area contributed by atoms with E-state index in [2.05, 4.69) is 17.4 Å². The lowest BCUT2D eigenvalue weighted by atomic mass is 10.0. The summed E-state index contributed by atoms with van der Waals surface area (Å²) >= 11 is 5.84. The Balaban J connectivity index is 1.71.